The third-order valence-corrected chi connectivity index (χ3v) is 4.80. The Balaban J connectivity index is 1.49. The molecule has 4 rings (SSSR count). The number of benzene rings is 2. The molecule has 0 spiro atoms. The molecule has 2 aliphatic heterocycles. The maximum Gasteiger partial charge on any atom is 0.257 e. The van der Waals surface area contributed by atoms with Crippen LogP contribution in [-0.2, 0) is 9.53 Å². The van der Waals surface area contributed by atoms with Gasteiger partial charge in [0, 0.05) is 41.9 Å². The summed E-state index contributed by atoms with van der Waals surface area (Å²) in [7, 11) is 0. The molecular formula is C21H22FN3O2. The third kappa shape index (κ3) is 3.66. The molecule has 6 heteroatoms. The molecule has 2 heterocycles. The predicted molar refractivity (Wildman–Crippen MR) is 105 cm³/mol. The number of halogens is 1. The Morgan fingerprint density at radius 3 is 2.56 bits per heavy atom. The van der Waals surface area contributed by atoms with Gasteiger partial charge in [-0.1, -0.05) is 0 Å². The summed E-state index contributed by atoms with van der Waals surface area (Å²) >= 11 is 0. The van der Waals surface area contributed by atoms with Crippen molar-refractivity contribution in [2.24, 2.45) is 0 Å². The second-order valence-corrected chi connectivity index (χ2v) is 7.06. The molecule has 0 aliphatic carbocycles. The van der Waals surface area contributed by atoms with Crippen LogP contribution in [0.4, 0.5) is 21.5 Å². The Morgan fingerprint density at radius 1 is 1.15 bits per heavy atom. The fourth-order valence-corrected chi connectivity index (χ4v) is 3.62. The summed E-state index contributed by atoms with van der Waals surface area (Å²) in [5.41, 5.74) is 3.62. The average molecular weight is 367 g/mol. The first-order valence-electron chi connectivity index (χ1n) is 9.08. The number of nitrogens with zero attached hydrogens (tertiary/aromatic N) is 1. The number of fused-ring (bicyclic) bond motifs is 1. The van der Waals surface area contributed by atoms with E-state index >= 15 is 0 Å². The van der Waals surface area contributed by atoms with E-state index in [1.54, 1.807) is 12.3 Å². The number of nitrogens with one attached hydrogen (secondary N) is 2. The molecule has 0 saturated carbocycles. The van der Waals surface area contributed by atoms with Gasteiger partial charge in [0.2, 0.25) is 0 Å². The van der Waals surface area contributed by atoms with Gasteiger partial charge in [-0.05, 0) is 56.3 Å². The molecule has 2 atom stereocenters. The first-order valence-corrected chi connectivity index (χ1v) is 9.08. The number of hydrogen-bond donors (Lipinski definition) is 2. The van der Waals surface area contributed by atoms with Gasteiger partial charge in [0.25, 0.3) is 5.91 Å². The fraction of sp³-hybridized carbons (Fsp3) is 0.286. The lowest BCUT2D eigenvalue weighted by atomic mass is 10.1. The highest BCUT2D eigenvalue weighted by Crippen LogP contribution is 2.32. The topological polar surface area (TPSA) is 53.6 Å². The first-order chi connectivity index (χ1) is 13.0. The van der Waals surface area contributed by atoms with Crippen molar-refractivity contribution >= 4 is 28.5 Å². The monoisotopic (exact) mass is 367 g/mol. The molecule has 0 aromatic heterocycles. The maximum atomic E-state index is 13.5. The van der Waals surface area contributed by atoms with E-state index in [1.165, 1.54) is 12.1 Å². The van der Waals surface area contributed by atoms with Gasteiger partial charge in [-0.15, -0.1) is 0 Å². The number of ether oxygens (including phenoxy) is 1. The zero-order chi connectivity index (χ0) is 19.0. The van der Waals surface area contributed by atoms with Crippen molar-refractivity contribution < 1.29 is 13.9 Å². The molecule has 2 aliphatic rings. The lowest BCUT2D eigenvalue weighted by Crippen LogP contribution is -2.45. The van der Waals surface area contributed by atoms with Gasteiger partial charge in [-0.2, -0.15) is 0 Å². The van der Waals surface area contributed by atoms with Crippen LogP contribution in [0.5, 0.6) is 0 Å². The minimum atomic E-state index is -0.366. The Labute approximate surface area is 157 Å². The van der Waals surface area contributed by atoms with E-state index in [-0.39, 0.29) is 23.9 Å². The predicted octanol–water partition coefficient (Wildman–Crippen LogP) is 3.84. The van der Waals surface area contributed by atoms with Crippen LogP contribution in [-0.4, -0.2) is 31.2 Å². The summed E-state index contributed by atoms with van der Waals surface area (Å²) in [6.45, 7) is 5.89. The van der Waals surface area contributed by atoms with Gasteiger partial charge in [-0.25, -0.2) is 4.39 Å². The summed E-state index contributed by atoms with van der Waals surface area (Å²) in [5.74, 6) is -0.606. The standard InChI is InChI=1S/C21H22FN3O2/c1-13-11-25(12-14(2)27-13)17-6-4-16(5-7-17)23-10-19-18-9-15(22)3-8-20(18)24-21(19)26/h3-10,13-14,23H,11-12H2,1-2H3,(H,24,26)/b19-10+. The highest BCUT2D eigenvalue weighted by molar-refractivity contribution is 6.31. The van der Waals surface area contributed by atoms with E-state index in [2.05, 4.69) is 29.4 Å². The number of morpholine rings is 1. The van der Waals surface area contributed by atoms with Crippen LogP contribution >= 0.6 is 0 Å². The zero-order valence-corrected chi connectivity index (χ0v) is 15.3. The van der Waals surface area contributed by atoms with Gasteiger partial charge in [0.1, 0.15) is 5.82 Å². The Bertz CT molecular complexity index is 885. The van der Waals surface area contributed by atoms with Crippen LogP contribution in [0.2, 0.25) is 0 Å². The van der Waals surface area contributed by atoms with E-state index < -0.39 is 0 Å². The van der Waals surface area contributed by atoms with Crippen molar-refractivity contribution in [2.45, 2.75) is 26.1 Å². The number of carbonyl (C=O) groups is 1. The maximum absolute atomic E-state index is 13.5. The molecule has 2 aromatic rings. The highest BCUT2D eigenvalue weighted by Gasteiger charge is 2.25. The summed E-state index contributed by atoms with van der Waals surface area (Å²) in [6.07, 6.45) is 2.03. The Morgan fingerprint density at radius 2 is 1.85 bits per heavy atom. The van der Waals surface area contributed by atoms with E-state index in [9.17, 15) is 9.18 Å². The minimum absolute atomic E-state index is 0.206. The number of hydrogen-bond acceptors (Lipinski definition) is 4. The number of rotatable bonds is 3. The summed E-state index contributed by atoms with van der Waals surface area (Å²) in [4.78, 5) is 14.4. The van der Waals surface area contributed by atoms with Crippen molar-refractivity contribution in [3.8, 4) is 0 Å². The quantitative estimate of drug-likeness (QED) is 0.810. The molecule has 2 aromatic carbocycles. The SMILES string of the molecule is CC1CN(c2ccc(N/C=C3/C(=O)Nc4ccc(F)cc43)cc2)CC(C)O1. The summed E-state index contributed by atoms with van der Waals surface area (Å²) < 4.78 is 19.3. The van der Waals surface area contributed by atoms with Gasteiger partial charge in [-0.3, -0.25) is 4.79 Å². The molecule has 2 N–H and O–H groups in total. The Kier molecular flexibility index (Phi) is 4.58. The van der Waals surface area contributed by atoms with Crippen LogP contribution in [0, 0.1) is 5.82 Å². The fourth-order valence-electron chi connectivity index (χ4n) is 3.62. The molecule has 0 radical (unpaired) electrons. The number of anilines is 3. The molecule has 2 unspecified atom stereocenters. The van der Waals surface area contributed by atoms with Crippen LogP contribution in [0.1, 0.15) is 19.4 Å². The summed E-state index contributed by atoms with van der Waals surface area (Å²) in [6, 6.07) is 12.3. The molecule has 27 heavy (non-hydrogen) atoms. The van der Waals surface area contributed by atoms with E-state index in [0.29, 0.717) is 16.8 Å². The van der Waals surface area contributed by atoms with Crippen molar-refractivity contribution in [1.82, 2.24) is 0 Å². The second kappa shape index (κ2) is 7.04. The molecule has 1 fully saturated rings. The minimum Gasteiger partial charge on any atom is -0.372 e. The van der Waals surface area contributed by atoms with Crippen LogP contribution in [0.15, 0.2) is 48.7 Å². The number of carbonyl (C=O) groups excluding carboxylic acids is 1. The van der Waals surface area contributed by atoms with Gasteiger partial charge >= 0.3 is 0 Å². The van der Waals surface area contributed by atoms with Crippen molar-refractivity contribution in [2.75, 3.05) is 28.6 Å². The average Bonchev–Trinajstić information content (AvgIpc) is 2.94. The summed E-state index contributed by atoms with van der Waals surface area (Å²) in [5, 5.41) is 5.88. The van der Waals surface area contributed by atoms with Crippen LogP contribution < -0.4 is 15.5 Å². The lowest BCUT2D eigenvalue weighted by Gasteiger charge is -2.36. The molecule has 0 bridgehead atoms. The van der Waals surface area contributed by atoms with E-state index in [0.717, 1.165) is 24.5 Å². The second-order valence-electron chi connectivity index (χ2n) is 7.06. The molecule has 140 valence electrons. The third-order valence-electron chi connectivity index (χ3n) is 4.80. The van der Waals surface area contributed by atoms with Crippen molar-refractivity contribution in [1.29, 1.82) is 0 Å². The number of amides is 1. The van der Waals surface area contributed by atoms with Gasteiger partial charge < -0.3 is 20.3 Å². The van der Waals surface area contributed by atoms with E-state index in [4.69, 9.17) is 4.74 Å². The van der Waals surface area contributed by atoms with Crippen LogP contribution in [0.3, 0.4) is 0 Å². The van der Waals surface area contributed by atoms with E-state index in [1.807, 2.05) is 24.3 Å². The zero-order valence-electron chi connectivity index (χ0n) is 15.3. The molecular weight excluding hydrogens is 345 g/mol. The largest absolute Gasteiger partial charge is 0.372 e. The molecule has 1 amide bonds. The highest BCUT2D eigenvalue weighted by atomic mass is 19.1. The lowest BCUT2D eigenvalue weighted by molar-refractivity contribution is -0.110. The normalized spacial score (nSPS) is 23.3. The smallest absolute Gasteiger partial charge is 0.257 e. The Hall–Kier alpha value is -2.86. The first kappa shape index (κ1) is 17.5. The van der Waals surface area contributed by atoms with Crippen molar-refractivity contribution in [3.63, 3.8) is 0 Å². The van der Waals surface area contributed by atoms with Crippen LogP contribution in [0.25, 0.3) is 5.57 Å². The van der Waals surface area contributed by atoms with Gasteiger partial charge in [0.15, 0.2) is 0 Å². The van der Waals surface area contributed by atoms with Gasteiger partial charge in [0.05, 0.1) is 17.8 Å². The van der Waals surface area contributed by atoms with Crippen molar-refractivity contribution in [3.05, 3.63) is 60.0 Å². The molecule has 1 saturated heterocycles. The molecule has 5 nitrogen and oxygen atoms in total.